The Morgan fingerprint density at radius 1 is 1.67 bits per heavy atom. The van der Waals surface area contributed by atoms with Crippen molar-refractivity contribution in [3.05, 3.63) is 16.1 Å². The minimum Gasteiger partial charge on any atom is -0.455 e. The van der Waals surface area contributed by atoms with Gasteiger partial charge in [0.25, 0.3) is 0 Å². The number of carbonyl (C=O) groups excluding carboxylic acids is 1. The van der Waals surface area contributed by atoms with Gasteiger partial charge in [0, 0.05) is 6.61 Å². The third-order valence-corrected chi connectivity index (χ3v) is 4.22. The van der Waals surface area contributed by atoms with E-state index in [9.17, 15) is 4.79 Å². The van der Waals surface area contributed by atoms with Crippen LogP contribution in [0.2, 0.25) is 0 Å². The van der Waals surface area contributed by atoms with Gasteiger partial charge in [0.15, 0.2) is 0 Å². The summed E-state index contributed by atoms with van der Waals surface area (Å²) in [6.45, 7) is 6.60. The first-order chi connectivity index (χ1) is 8.52. The molecule has 0 saturated carbocycles. The van der Waals surface area contributed by atoms with Crippen LogP contribution in [0.15, 0.2) is 6.20 Å². The molecule has 18 heavy (non-hydrogen) atoms. The van der Waals surface area contributed by atoms with Crippen molar-refractivity contribution in [2.24, 2.45) is 0 Å². The van der Waals surface area contributed by atoms with Crippen molar-refractivity contribution in [3.63, 3.8) is 0 Å². The molecule has 0 aromatic carbocycles. The maximum atomic E-state index is 12.0. The molecule has 0 N–H and O–H groups in total. The van der Waals surface area contributed by atoms with Gasteiger partial charge in [0.1, 0.15) is 21.6 Å². The third kappa shape index (κ3) is 3.09. The predicted octanol–water partition coefficient (Wildman–Crippen LogP) is 3.34. The zero-order chi connectivity index (χ0) is 13.2. The van der Waals surface area contributed by atoms with Crippen molar-refractivity contribution in [2.75, 3.05) is 6.61 Å². The van der Waals surface area contributed by atoms with Crippen LogP contribution in [0.3, 0.4) is 0 Å². The van der Waals surface area contributed by atoms with E-state index >= 15 is 0 Å². The van der Waals surface area contributed by atoms with E-state index < -0.39 is 5.60 Å². The molecule has 0 aliphatic carbocycles. The lowest BCUT2D eigenvalue weighted by Gasteiger charge is -2.22. The highest BCUT2D eigenvalue weighted by atomic mass is 32.1. The van der Waals surface area contributed by atoms with E-state index in [1.54, 1.807) is 6.20 Å². The van der Waals surface area contributed by atoms with Crippen LogP contribution in [0.25, 0.3) is 0 Å². The zero-order valence-corrected chi connectivity index (χ0v) is 11.9. The Bertz CT molecular complexity index is 422. The Morgan fingerprint density at radius 3 is 3.06 bits per heavy atom. The first-order valence-electron chi connectivity index (χ1n) is 6.32. The maximum absolute atomic E-state index is 12.0. The Hall–Kier alpha value is -0.940. The fraction of sp³-hybridized carbons (Fsp3) is 0.692. The summed E-state index contributed by atoms with van der Waals surface area (Å²) in [5.41, 5.74) is -0.426. The Balaban J connectivity index is 2.03. The van der Waals surface area contributed by atoms with Crippen LogP contribution in [0.4, 0.5) is 0 Å². The molecule has 0 radical (unpaired) electrons. The molecule has 2 rings (SSSR count). The average Bonchev–Trinajstić information content (AvgIpc) is 2.99. The van der Waals surface area contributed by atoms with Crippen LogP contribution in [0, 0.1) is 0 Å². The number of carbonyl (C=O) groups is 1. The highest BCUT2D eigenvalue weighted by Crippen LogP contribution is 2.32. The summed E-state index contributed by atoms with van der Waals surface area (Å²) in [7, 11) is 0. The lowest BCUT2D eigenvalue weighted by molar-refractivity contribution is -0.00191. The first kappa shape index (κ1) is 13.5. The molecule has 1 aliphatic rings. The molecule has 1 atom stereocenters. The molecule has 0 spiro atoms. The van der Waals surface area contributed by atoms with Gasteiger partial charge in [-0.2, -0.15) is 0 Å². The van der Waals surface area contributed by atoms with Crippen LogP contribution < -0.4 is 0 Å². The smallest absolute Gasteiger partial charge is 0.350 e. The number of nitrogens with zero attached hydrogens (tertiary/aromatic N) is 1. The first-order valence-corrected chi connectivity index (χ1v) is 7.14. The van der Waals surface area contributed by atoms with Gasteiger partial charge in [-0.1, -0.05) is 6.92 Å². The van der Waals surface area contributed by atoms with Gasteiger partial charge in [0.2, 0.25) is 0 Å². The molecule has 1 fully saturated rings. The molecule has 2 heterocycles. The van der Waals surface area contributed by atoms with E-state index in [2.05, 4.69) is 4.98 Å². The van der Waals surface area contributed by atoms with Crippen molar-refractivity contribution in [2.45, 2.75) is 51.7 Å². The minimum atomic E-state index is -0.426. The van der Waals surface area contributed by atoms with Gasteiger partial charge in [-0.25, -0.2) is 9.78 Å². The zero-order valence-electron chi connectivity index (χ0n) is 11.1. The van der Waals surface area contributed by atoms with Crippen molar-refractivity contribution < 1.29 is 14.3 Å². The molecule has 1 saturated heterocycles. The van der Waals surface area contributed by atoms with Gasteiger partial charge in [-0.15, -0.1) is 11.3 Å². The maximum Gasteiger partial charge on any atom is 0.350 e. The number of esters is 1. The fourth-order valence-corrected chi connectivity index (χ4v) is 2.56. The quantitative estimate of drug-likeness (QED) is 0.787. The van der Waals surface area contributed by atoms with Gasteiger partial charge >= 0.3 is 5.97 Å². The molecular weight excluding hydrogens is 250 g/mol. The van der Waals surface area contributed by atoms with Crippen LogP contribution in [-0.2, 0) is 9.47 Å². The van der Waals surface area contributed by atoms with Gasteiger partial charge in [-0.05, 0) is 33.1 Å². The molecule has 5 heteroatoms. The second kappa shape index (κ2) is 5.36. The van der Waals surface area contributed by atoms with Crippen LogP contribution >= 0.6 is 11.3 Å². The van der Waals surface area contributed by atoms with Crippen LogP contribution in [-0.4, -0.2) is 23.2 Å². The van der Waals surface area contributed by atoms with Crippen molar-refractivity contribution >= 4 is 17.3 Å². The second-order valence-electron chi connectivity index (χ2n) is 5.07. The summed E-state index contributed by atoms with van der Waals surface area (Å²) in [5.74, 6) is -0.288. The number of hydrogen-bond acceptors (Lipinski definition) is 5. The van der Waals surface area contributed by atoms with Crippen molar-refractivity contribution in [1.82, 2.24) is 4.98 Å². The molecule has 1 aliphatic heterocycles. The SMILES string of the molecule is CCC(C)(C)OC(=O)c1cnc([C@@H]2CCCO2)s1. The fourth-order valence-electron chi connectivity index (χ4n) is 1.68. The molecule has 1 aromatic rings. The molecular formula is C13H19NO3S. The van der Waals surface area contributed by atoms with Crippen LogP contribution in [0.5, 0.6) is 0 Å². The van der Waals surface area contributed by atoms with E-state index in [0.29, 0.717) is 4.88 Å². The normalized spacial score (nSPS) is 20.1. The summed E-state index contributed by atoms with van der Waals surface area (Å²) in [4.78, 5) is 16.8. The molecule has 0 amide bonds. The second-order valence-corrected chi connectivity index (χ2v) is 6.13. The van der Waals surface area contributed by atoms with E-state index in [4.69, 9.17) is 9.47 Å². The number of hydrogen-bond donors (Lipinski definition) is 0. The highest BCUT2D eigenvalue weighted by molar-refractivity contribution is 7.13. The summed E-state index contributed by atoms with van der Waals surface area (Å²) in [6.07, 6.45) is 4.50. The largest absolute Gasteiger partial charge is 0.455 e. The van der Waals surface area contributed by atoms with Gasteiger partial charge in [0.05, 0.1) is 6.20 Å². The molecule has 100 valence electrons. The molecule has 1 aromatic heterocycles. The Kier molecular flexibility index (Phi) is 4.02. The molecule has 0 bridgehead atoms. The lowest BCUT2D eigenvalue weighted by Crippen LogP contribution is -2.26. The number of thiazole rings is 1. The highest BCUT2D eigenvalue weighted by Gasteiger charge is 2.26. The lowest BCUT2D eigenvalue weighted by atomic mass is 10.1. The Morgan fingerprint density at radius 2 is 2.44 bits per heavy atom. The number of aromatic nitrogens is 1. The van der Waals surface area contributed by atoms with Crippen LogP contribution in [0.1, 0.15) is 60.8 Å². The third-order valence-electron chi connectivity index (χ3n) is 3.15. The average molecular weight is 269 g/mol. The summed E-state index contributed by atoms with van der Waals surface area (Å²) < 4.78 is 11.0. The molecule has 0 unspecified atom stereocenters. The monoisotopic (exact) mass is 269 g/mol. The van der Waals surface area contributed by atoms with Crippen molar-refractivity contribution in [3.8, 4) is 0 Å². The Labute approximate surface area is 111 Å². The van der Waals surface area contributed by atoms with E-state index in [0.717, 1.165) is 30.9 Å². The number of rotatable bonds is 4. The predicted molar refractivity (Wildman–Crippen MR) is 69.8 cm³/mol. The van der Waals surface area contributed by atoms with Crippen molar-refractivity contribution in [1.29, 1.82) is 0 Å². The minimum absolute atomic E-state index is 0.0655. The summed E-state index contributed by atoms with van der Waals surface area (Å²) >= 11 is 1.38. The topological polar surface area (TPSA) is 48.4 Å². The van der Waals surface area contributed by atoms with E-state index in [-0.39, 0.29) is 12.1 Å². The van der Waals surface area contributed by atoms with E-state index in [1.807, 2.05) is 20.8 Å². The summed E-state index contributed by atoms with van der Waals surface area (Å²) in [5, 5.41) is 0.883. The summed E-state index contributed by atoms with van der Waals surface area (Å²) in [6, 6.07) is 0. The molecule has 4 nitrogen and oxygen atoms in total. The van der Waals surface area contributed by atoms with E-state index in [1.165, 1.54) is 11.3 Å². The van der Waals surface area contributed by atoms with Gasteiger partial charge < -0.3 is 9.47 Å². The van der Waals surface area contributed by atoms with Gasteiger partial charge in [-0.3, -0.25) is 0 Å². The number of ether oxygens (including phenoxy) is 2. The standard InChI is InChI=1S/C13H19NO3S/c1-4-13(2,3)17-12(15)10-8-14-11(18-10)9-6-5-7-16-9/h8-9H,4-7H2,1-3H3/t9-/m0/s1.